The first-order valence-corrected chi connectivity index (χ1v) is 20.5. The summed E-state index contributed by atoms with van der Waals surface area (Å²) >= 11 is 0. The van der Waals surface area contributed by atoms with Gasteiger partial charge in [0.2, 0.25) is 0 Å². The highest BCUT2D eigenvalue weighted by atomic mass is 16.3. The van der Waals surface area contributed by atoms with Crippen molar-refractivity contribution in [2.75, 3.05) is 0 Å². The van der Waals surface area contributed by atoms with E-state index in [9.17, 15) is 0 Å². The number of hydrogen-bond donors (Lipinski definition) is 0. The van der Waals surface area contributed by atoms with E-state index in [-0.39, 0.29) is 0 Å². The minimum absolute atomic E-state index is 0.875. The number of fused-ring (bicyclic) bond motifs is 10. The molecule has 60 heavy (non-hydrogen) atoms. The number of aryl methyl sites for hydroxylation is 1. The summed E-state index contributed by atoms with van der Waals surface area (Å²) in [6, 6.07) is 65.9. The number of allylic oxidation sites excluding steroid dienone is 2. The summed E-state index contributed by atoms with van der Waals surface area (Å²) in [6.45, 7) is 6.33. The molecule has 282 valence electrons. The molecule has 0 aliphatic carbocycles. The first-order valence-electron chi connectivity index (χ1n) is 20.5. The summed E-state index contributed by atoms with van der Waals surface area (Å²) in [4.78, 5) is 0. The lowest BCUT2D eigenvalue weighted by atomic mass is 9.91. The van der Waals surface area contributed by atoms with Gasteiger partial charge in [0.15, 0.2) is 0 Å². The van der Waals surface area contributed by atoms with Crippen LogP contribution in [0.3, 0.4) is 0 Å². The lowest BCUT2D eigenvalue weighted by Gasteiger charge is -2.16. The third-order valence-corrected chi connectivity index (χ3v) is 12.4. The SMILES string of the molecule is C=C/C=C\c1c(C)c2c3c4ccccc4n(-c4ccccc4)c3ccc2n1-c1cc(-c2cc(-c3ccccc3)c3c(c2)oc2cc4ccccc4cc23)c2ccccc2c1. The normalized spacial score (nSPS) is 12.1. The maximum absolute atomic E-state index is 6.82. The van der Waals surface area contributed by atoms with Gasteiger partial charge < -0.3 is 13.6 Å². The van der Waals surface area contributed by atoms with E-state index in [1.807, 2.05) is 6.08 Å². The zero-order valence-electron chi connectivity index (χ0n) is 33.1. The van der Waals surface area contributed by atoms with Gasteiger partial charge in [-0.2, -0.15) is 0 Å². The van der Waals surface area contributed by atoms with E-state index in [1.54, 1.807) is 0 Å². The maximum Gasteiger partial charge on any atom is 0.136 e. The molecule has 0 unspecified atom stereocenters. The monoisotopic (exact) mass is 766 g/mol. The van der Waals surface area contributed by atoms with Crippen molar-refractivity contribution in [1.82, 2.24) is 9.13 Å². The molecule has 12 rings (SSSR count). The van der Waals surface area contributed by atoms with Gasteiger partial charge >= 0.3 is 0 Å². The fraction of sp³-hybridized carbons (Fsp3) is 0.0175. The van der Waals surface area contributed by atoms with Crippen molar-refractivity contribution in [1.29, 1.82) is 0 Å². The highest BCUT2D eigenvalue weighted by Gasteiger charge is 2.23. The Hall–Kier alpha value is -7.88. The topological polar surface area (TPSA) is 23.0 Å². The molecule has 0 saturated heterocycles. The summed E-state index contributed by atoms with van der Waals surface area (Å²) in [7, 11) is 0. The van der Waals surface area contributed by atoms with Crippen molar-refractivity contribution >= 4 is 82.3 Å². The van der Waals surface area contributed by atoms with Crippen molar-refractivity contribution in [2.24, 2.45) is 0 Å². The van der Waals surface area contributed by atoms with Crippen LogP contribution in [0.15, 0.2) is 205 Å². The molecule has 0 N–H and O–H groups in total. The molecule has 0 saturated carbocycles. The molecular weight excluding hydrogens is 729 g/mol. The van der Waals surface area contributed by atoms with Crippen molar-refractivity contribution in [3.8, 4) is 33.6 Å². The molecule has 0 atom stereocenters. The van der Waals surface area contributed by atoms with Gasteiger partial charge in [-0.25, -0.2) is 0 Å². The van der Waals surface area contributed by atoms with Gasteiger partial charge in [0, 0.05) is 44.0 Å². The van der Waals surface area contributed by atoms with Gasteiger partial charge in [0.1, 0.15) is 11.2 Å². The molecule has 12 aromatic rings. The molecule has 0 radical (unpaired) electrons. The van der Waals surface area contributed by atoms with Crippen LogP contribution in [0, 0.1) is 6.92 Å². The van der Waals surface area contributed by atoms with Gasteiger partial charge in [-0.1, -0.05) is 134 Å². The van der Waals surface area contributed by atoms with Crippen LogP contribution in [-0.2, 0) is 0 Å². The number of aromatic nitrogens is 2. The summed E-state index contributed by atoms with van der Waals surface area (Å²) in [5.41, 5.74) is 14.5. The van der Waals surface area contributed by atoms with E-state index < -0.39 is 0 Å². The summed E-state index contributed by atoms with van der Waals surface area (Å²) in [5.74, 6) is 0. The minimum atomic E-state index is 0.875. The summed E-state index contributed by atoms with van der Waals surface area (Å²) in [5, 5.41) is 10.7. The van der Waals surface area contributed by atoms with E-state index in [0.29, 0.717) is 0 Å². The van der Waals surface area contributed by atoms with Gasteiger partial charge in [-0.15, -0.1) is 0 Å². The first kappa shape index (κ1) is 34.2. The minimum Gasteiger partial charge on any atom is -0.456 e. The Balaban J connectivity index is 1.16. The predicted molar refractivity (Wildman–Crippen MR) is 255 cm³/mol. The van der Waals surface area contributed by atoms with Crippen LogP contribution in [-0.4, -0.2) is 9.13 Å². The van der Waals surface area contributed by atoms with Gasteiger partial charge in [-0.05, 0) is 129 Å². The fourth-order valence-corrected chi connectivity index (χ4v) is 9.79. The van der Waals surface area contributed by atoms with Crippen molar-refractivity contribution in [3.05, 3.63) is 212 Å². The van der Waals surface area contributed by atoms with E-state index in [4.69, 9.17) is 4.42 Å². The second-order valence-electron chi connectivity index (χ2n) is 15.8. The van der Waals surface area contributed by atoms with E-state index in [1.165, 1.54) is 54.3 Å². The van der Waals surface area contributed by atoms with Crippen LogP contribution < -0.4 is 0 Å². The molecular formula is C57H38N2O. The average molecular weight is 767 g/mol. The quantitative estimate of drug-likeness (QED) is 0.155. The number of para-hydroxylation sites is 2. The second-order valence-corrected chi connectivity index (χ2v) is 15.8. The fourth-order valence-electron chi connectivity index (χ4n) is 9.79. The van der Waals surface area contributed by atoms with Crippen LogP contribution >= 0.6 is 0 Å². The molecule has 0 aliphatic rings. The van der Waals surface area contributed by atoms with Gasteiger partial charge in [0.05, 0.1) is 16.6 Å². The van der Waals surface area contributed by atoms with Crippen LogP contribution in [0.1, 0.15) is 11.3 Å². The van der Waals surface area contributed by atoms with E-state index in [0.717, 1.165) is 66.8 Å². The third-order valence-electron chi connectivity index (χ3n) is 12.4. The zero-order valence-corrected chi connectivity index (χ0v) is 33.1. The highest BCUT2D eigenvalue weighted by Crippen LogP contribution is 2.45. The summed E-state index contributed by atoms with van der Waals surface area (Å²) in [6.07, 6.45) is 6.12. The molecule has 0 spiro atoms. The molecule has 0 aliphatic heterocycles. The lowest BCUT2D eigenvalue weighted by Crippen LogP contribution is -1.99. The Morgan fingerprint density at radius 2 is 1.12 bits per heavy atom. The zero-order chi connectivity index (χ0) is 39.9. The van der Waals surface area contributed by atoms with E-state index in [2.05, 4.69) is 217 Å². The number of rotatable bonds is 6. The van der Waals surface area contributed by atoms with Crippen LogP contribution in [0.4, 0.5) is 0 Å². The Kier molecular flexibility index (Phi) is 7.60. The molecule has 3 heterocycles. The molecule has 0 bridgehead atoms. The molecule has 3 heteroatoms. The maximum atomic E-state index is 6.82. The largest absolute Gasteiger partial charge is 0.456 e. The van der Waals surface area contributed by atoms with Gasteiger partial charge in [-0.3, -0.25) is 0 Å². The highest BCUT2D eigenvalue weighted by molar-refractivity contribution is 6.23. The van der Waals surface area contributed by atoms with Crippen LogP contribution in [0.25, 0.3) is 116 Å². The van der Waals surface area contributed by atoms with Gasteiger partial charge in [0.25, 0.3) is 0 Å². The van der Waals surface area contributed by atoms with Crippen LogP contribution in [0.5, 0.6) is 0 Å². The molecule has 0 fully saturated rings. The second kappa shape index (κ2) is 13.3. The summed E-state index contributed by atoms with van der Waals surface area (Å²) < 4.78 is 11.7. The smallest absolute Gasteiger partial charge is 0.136 e. The molecule has 3 aromatic heterocycles. The van der Waals surface area contributed by atoms with Crippen molar-refractivity contribution in [3.63, 3.8) is 0 Å². The number of benzene rings is 9. The molecule has 3 nitrogen and oxygen atoms in total. The standard InChI is InChI=1S/C57H38N2O/c1-3-4-26-49-36(2)55-51(28-29-52-57(55)45-25-15-16-27-50(45)58(52)42-22-9-6-10-23-42)59(49)43-30-40-21-13-14-24-44(40)46(35-43)41-32-47(37-17-7-5-8-18-37)56-48-31-38-19-11-12-20-39(38)33-53(48)60-54(56)34-41/h3-35H,1H2,2H3/b26-4-. The van der Waals surface area contributed by atoms with Crippen molar-refractivity contribution in [2.45, 2.75) is 6.92 Å². The Morgan fingerprint density at radius 1 is 0.450 bits per heavy atom. The van der Waals surface area contributed by atoms with E-state index >= 15 is 0 Å². The molecule has 0 amide bonds. The van der Waals surface area contributed by atoms with Crippen molar-refractivity contribution < 1.29 is 4.42 Å². The first-order chi connectivity index (χ1) is 29.6. The Bertz CT molecular complexity index is 3730. The number of nitrogens with zero attached hydrogens (tertiary/aromatic N) is 2. The third kappa shape index (κ3) is 5.09. The number of hydrogen-bond acceptors (Lipinski definition) is 1. The Labute approximate surface area is 347 Å². The number of furan rings is 1. The lowest BCUT2D eigenvalue weighted by molar-refractivity contribution is 0.669. The molecule has 9 aromatic carbocycles. The Morgan fingerprint density at radius 3 is 1.90 bits per heavy atom. The van der Waals surface area contributed by atoms with Crippen LogP contribution in [0.2, 0.25) is 0 Å². The average Bonchev–Trinajstić information content (AvgIpc) is 3.93. The predicted octanol–water partition coefficient (Wildman–Crippen LogP) is 15.8.